The van der Waals surface area contributed by atoms with Crippen molar-refractivity contribution in [2.45, 2.75) is 19.8 Å². The summed E-state index contributed by atoms with van der Waals surface area (Å²) in [5.74, 6) is 0.190. The fraction of sp³-hybridized carbons (Fsp3) is 0.167. The van der Waals surface area contributed by atoms with E-state index in [0.717, 1.165) is 11.6 Å². The predicted molar refractivity (Wildman–Crippen MR) is 88.6 cm³/mol. The quantitative estimate of drug-likeness (QED) is 0.407. The second-order valence-electron chi connectivity index (χ2n) is 5.42. The van der Waals surface area contributed by atoms with Gasteiger partial charge < -0.3 is 9.52 Å². The van der Waals surface area contributed by atoms with Crippen LogP contribution in [0.5, 0.6) is 0 Å². The number of aromatic nitrogens is 3. The molecular weight excluding hydrogens is 325 g/mol. The normalized spacial score (nSPS) is 11.7. The lowest BCUT2D eigenvalue weighted by Gasteiger charge is -1.98. The Hall–Kier alpha value is -3.22. The highest BCUT2D eigenvalue weighted by molar-refractivity contribution is 6.05. The summed E-state index contributed by atoms with van der Waals surface area (Å²) < 4.78 is 18.4. The molecule has 0 spiro atoms. The molecule has 0 aliphatic heterocycles. The maximum Gasteiger partial charge on any atom is 0.224 e. The number of allylic oxidation sites excluding steroid dienone is 1. The summed E-state index contributed by atoms with van der Waals surface area (Å²) in [5, 5.41) is 16.4. The van der Waals surface area contributed by atoms with E-state index in [2.05, 4.69) is 15.2 Å². The van der Waals surface area contributed by atoms with Gasteiger partial charge in [-0.05, 0) is 29.8 Å². The number of furan rings is 1. The minimum Gasteiger partial charge on any atom is -0.504 e. The molecule has 0 aliphatic rings. The van der Waals surface area contributed by atoms with Crippen LogP contribution in [0.4, 0.5) is 4.39 Å². The van der Waals surface area contributed by atoms with Gasteiger partial charge in [-0.2, -0.15) is 5.10 Å². The number of aryl methyl sites for hydroxylation is 1. The van der Waals surface area contributed by atoms with Crippen molar-refractivity contribution in [1.82, 2.24) is 15.2 Å². The largest absolute Gasteiger partial charge is 0.504 e. The smallest absolute Gasteiger partial charge is 0.224 e. The van der Waals surface area contributed by atoms with Crippen LogP contribution in [-0.2, 0) is 12.8 Å². The van der Waals surface area contributed by atoms with E-state index in [1.165, 1.54) is 18.2 Å². The number of aliphatic hydroxyl groups excluding tert-OH is 1. The number of H-pyrrole nitrogens is 1. The van der Waals surface area contributed by atoms with Crippen LogP contribution in [0.2, 0.25) is 0 Å². The fourth-order valence-corrected chi connectivity index (χ4v) is 2.24. The maximum atomic E-state index is 12.9. The van der Waals surface area contributed by atoms with E-state index in [-0.39, 0.29) is 23.2 Å². The first-order valence-corrected chi connectivity index (χ1v) is 7.75. The third-order valence-electron chi connectivity index (χ3n) is 3.56. The summed E-state index contributed by atoms with van der Waals surface area (Å²) >= 11 is 0. The van der Waals surface area contributed by atoms with Gasteiger partial charge in [-0.1, -0.05) is 19.1 Å². The number of ketones is 1. The maximum absolute atomic E-state index is 12.9. The molecule has 128 valence electrons. The highest BCUT2D eigenvalue weighted by Gasteiger charge is 2.13. The summed E-state index contributed by atoms with van der Waals surface area (Å²) in [6.07, 6.45) is 2.09. The summed E-state index contributed by atoms with van der Waals surface area (Å²) in [6.45, 7) is 1.89. The molecule has 6 nitrogen and oxygen atoms in total. The number of hydrogen-bond donors (Lipinski definition) is 2. The van der Waals surface area contributed by atoms with E-state index >= 15 is 0 Å². The van der Waals surface area contributed by atoms with Crippen molar-refractivity contribution >= 4 is 11.5 Å². The van der Waals surface area contributed by atoms with Crippen molar-refractivity contribution in [2.24, 2.45) is 0 Å². The summed E-state index contributed by atoms with van der Waals surface area (Å²) in [6, 6.07) is 9.24. The van der Waals surface area contributed by atoms with Crippen LogP contribution in [0.25, 0.3) is 5.76 Å². The zero-order chi connectivity index (χ0) is 17.8. The highest BCUT2D eigenvalue weighted by atomic mass is 19.1. The van der Waals surface area contributed by atoms with Crippen molar-refractivity contribution in [2.75, 3.05) is 0 Å². The van der Waals surface area contributed by atoms with Crippen LogP contribution in [0.1, 0.15) is 40.5 Å². The Labute approximate surface area is 143 Å². The lowest BCUT2D eigenvalue weighted by molar-refractivity contribution is 0.101. The number of aromatic amines is 1. The third-order valence-corrected chi connectivity index (χ3v) is 3.56. The Morgan fingerprint density at radius 1 is 1.28 bits per heavy atom. The van der Waals surface area contributed by atoms with Crippen molar-refractivity contribution < 1.29 is 18.7 Å². The van der Waals surface area contributed by atoms with Crippen LogP contribution in [-0.4, -0.2) is 26.1 Å². The lowest BCUT2D eigenvalue weighted by atomic mass is 10.1. The molecule has 0 atom stereocenters. The molecule has 1 aromatic carbocycles. The molecule has 7 heteroatoms. The van der Waals surface area contributed by atoms with Crippen LogP contribution in [0.3, 0.4) is 0 Å². The topological polar surface area (TPSA) is 92.0 Å². The number of nitrogens with zero attached hydrogens (tertiary/aromatic N) is 2. The second-order valence-corrected chi connectivity index (χ2v) is 5.42. The Morgan fingerprint density at radius 3 is 2.72 bits per heavy atom. The molecule has 0 aliphatic carbocycles. The Bertz CT molecular complexity index is 910. The summed E-state index contributed by atoms with van der Waals surface area (Å²) in [4.78, 5) is 16.2. The molecule has 2 aromatic heterocycles. The monoisotopic (exact) mass is 341 g/mol. The number of aliphatic hydroxyl groups is 1. The molecule has 2 N–H and O–H groups in total. The van der Waals surface area contributed by atoms with Crippen LogP contribution >= 0.6 is 0 Å². The van der Waals surface area contributed by atoms with E-state index in [1.54, 1.807) is 18.2 Å². The van der Waals surface area contributed by atoms with Gasteiger partial charge in [0.1, 0.15) is 17.4 Å². The molecule has 3 rings (SSSR count). The first-order valence-electron chi connectivity index (χ1n) is 7.75. The van der Waals surface area contributed by atoms with Crippen LogP contribution in [0.15, 0.2) is 46.9 Å². The molecule has 0 amide bonds. The number of benzene rings is 1. The van der Waals surface area contributed by atoms with Crippen molar-refractivity contribution in [3.8, 4) is 0 Å². The highest BCUT2D eigenvalue weighted by Crippen LogP contribution is 2.16. The number of carbonyl (C=O) groups excluding carboxylic acids is 1. The van der Waals surface area contributed by atoms with Gasteiger partial charge in [0.05, 0.1) is 0 Å². The number of carbonyl (C=O) groups is 1. The third kappa shape index (κ3) is 4.00. The SMILES string of the molecule is CCc1nc(C(O)=CC(=O)c2ccc(Cc3ccc(F)cc3)o2)n[nH]1. The lowest BCUT2D eigenvalue weighted by Crippen LogP contribution is -1.96. The van der Waals surface area contributed by atoms with E-state index in [4.69, 9.17) is 4.42 Å². The Balaban J connectivity index is 1.71. The summed E-state index contributed by atoms with van der Waals surface area (Å²) in [5.41, 5.74) is 0.862. The van der Waals surface area contributed by atoms with E-state index in [1.807, 2.05) is 6.92 Å². The zero-order valence-corrected chi connectivity index (χ0v) is 13.5. The molecule has 0 saturated heterocycles. The van der Waals surface area contributed by atoms with Gasteiger partial charge in [-0.15, -0.1) is 0 Å². The van der Waals surface area contributed by atoms with Gasteiger partial charge >= 0.3 is 0 Å². The van der Waals surface area contributed by atoms with Crippen molar-refractivity contribution in [1.29, 1.82) is 0 Å². The molecular formula is C18H16FN3O3. The van der Waals surface area contributed by atoms with E-state index in [9.17, 15) is 14.3 Å². The van der Waals surface area contributed by atoms with Gasteiger partial charge in [0.25, 0.3) is 0 Å². The molecule has 0 radical (unpaired) electrons. The molecule has 0 bridgehead atoms. The molecule has 3 aromatic rings. The number of hydrogen-bond acceptors (Lipinski definition) is 5. The minimum absolute atomic E-state index is 0.0586. The molecule has 0 unspecified atom stereocenters. The van der Waals surface area contributed by atoms with Crippen molar-refractivity contribution in [3.05, 3.63) is 77.0 Å². The first kappa shape index (κ1) is 16.6. The van der Waals surface area contributed by atoms with Crippen molar-refractivity contribution in [3.63, 3.8) is 0 Å². The standard InChI is InChI=1S/C18H16FN3O3/c1-2-17-20-18(22-21-17)15(24)10-14(23)16-8-7-13(25-16)9-11-3-5-12(19)6-4-11/h3-8,10,24H,2,9H2,1H3,(H,20,21,22). The zero-order valence-electron chi connectivity index (χ0n) is 13.5. The first-order chi connectivity index (χ1) is 12.0. The van der Waals surface area contributed by atoms with Gasteiger partial charge in [0, 0.05) is 18.9 Å². The molecule has 0 saturated carbocycles. The average Bonchev–Trinajstić information content (AvgIpc) is 3.26. The fourth-order valence-electron chi connectivity index (χ4n) is 2.24. The van der Waals surface area contributed by atoms with E-state index < -0.39 is 5.78 Å². The molecule has 25 heavy (non-hydrogen) atoms. The molecule has 2 heterocycles. The van der Waals surface area contributed by atoms with E-state index in [0.29, 0.717) is 24.4 Å². The van der Waals surface area contributed by atoms with Crippen LogP contribution < -0.4 is 0 Å². The van der Waals surface area contributed by atoms with Gasteiger partial charge in [0.15, 0.2) is 11.5 Å². The van der Waals surface area contributed by atoms with Gasteiger partial charge in [0.2, 0.25) is 11.6 Å². The number of nitrogens with one attached hydrogen (secondary N) is 1. The number of rotatable bonds is 6. The van der Waals surface area contributed by atoms with Gasteiger partial charge in [-0.25, -0.2) is 9.37 Å². The average molecular weight is 341 g/mol. The van der Waals surface area contributed by atoms with Crippen LogP contribution in [0, 0.1) is 5.82 Å². The molecule has 0 fully saturated rings. The van der Waals surface area contributed by atoms with Gasteiger partial charge in [-0.3, -0.25) is 9.89 Å². The Kier molecular flexibility index (Phi) is 4.74. The Morgan fingerprint density at radius 2 is 2.04 bits per heavy atom. The second kappa shape index (κ2) is 7.12. The summed E-state index contributed by atoms with van der Waals surface area (Å²) in [7, 11) is 0. The number of halogens is 1. The predicted octanol–water partition coefficient (Wildman–Crippen LogP) is 3.47. The minimum atomic E-state index is -0.495.